The van der Waals surface area contributed by atoms with Gasteiger partial charge in [0.1, 0.15) is 5.75 Å². The molecule has 1 atom stereocenters. The molecule has 0 aromatic heterocycles. The van der Waals surface area contributed by atoms with E-state index in [1.807, 2.05) is 6.07 Å². The van der Waals surface area contributed by atoms with Crippen molar-refractivity contribution in [1.82, 2.24) is 0 Å². The first kappa shape index (κ1) is 28.9. The van der Waals surface area contributed by atoms with Gasteiger partial charge >= 0.3 is 5.97 Å². The number of hydrogen-bond donors (Lipinski definition) is 0. The first-order valence-electron chi connectivity index (χ1n) is 12.6. The van der Waals surface area contributed by atoms with Crippen molar-refractivity contribution in [3.8, 4) is 5.75 Å². The molecule has 5 nitrogen and oxygen atoms in total. The summed E-state index contributed by atoms with van der Waals surface area (Å²) in [6, 6.07) is 5.34. The van der Waals surface area contributed by atoms with Crippen LogP contribution in [0.25, 0.3) is 0 Å². The quantitative estimate of drug-likeness (QED) is 0.113. The van der Waals surface area contributed by atoms with Crippen molar-refractivity contribution in [2.24, 2.45) is 0 Å². The monoisotopic (exact) mass is 484 g/mol. The molecule has 0 amide bonds. The molecule has 0 saturated carbocycles. The Balaban J connectivity index is 1.79. The van der Waals surface area contributed by atoms with E-state index in [0.717, 1.165) is 49.8 Å². The highest BCUT2D eigenvalue weighted by molar-refractivity contribution is 5.89. The van der Waals surface area contributed by atoms with Crippen LogP contribution in [0.1, 0.15) is 89.1 Å². The smallest absolute Gasteiger partial charge is 0.337 e. The van der Waals surface area contributed by atoms with Gasteiger partial charge in [0.2, 0.25) is 0 Å². The van der Waals surface area contributed by atoms with Crippen molar-refractivity contribution in [2.75, 3.05) is 21.0 Å². The second-order valence-electron chi connectivity index (χ2n) is 10.0. The first-order chi connectivity index (χ1) is 16.7. The Morgan fingerprint density at radius 1 is 0.971 bits per heavy atom. The van der Waals surface area contributed by atoms with Crippen molar-refractivity contribution in [3.63, 3.8) is 0 Å². The molecule has 2 rings (SSSR count). The number of esters is 1. The number of epoxide rings is 1. The summed E-state index contributed by atoms with van der Waals surface area (Å²) in [7, 11) is 2.98. The molecule has 1 saturated heterocycles. The van der Waals surface area contributed by atoms with Crippen LogP contribution in [-0.4, -0.2) is 38.7 Å². The van der Waals surface area contributed by atoms with Crippen molar-refractivity contribution in [1.29, 1.82) is 0 Å². The average molecular weight is 485 g/mol. The summed E-state index contributed by atoms with van der Waals surface area (Å²) < 4.78 is 21.2. The van der Waals surface area contributed by atoms with E-state index >= 15 is 0 Å². The van der Waals surface area contributed by atoms with Crippen LogP contribution in [0, 0.1) is 0 Å². The van der Waals surface area contributed by atoms with Crippen LogP contribution in [0.15, 0.2) is 53.1 Å². The third kappa shape index (κ3) is 10.4. The van der Waals surface area contributed by atoms with E-state index < -0.39 is 0 Å². The number of methoxy groups -OCH3 is 2. The van der Waals surface area contributed by atoms with Gasteiger partial charge < -0.3 is 18.9 Å². The normalized spacial score (nSPS) is 17.9. The largest absolute Gasteiger partial charge is 0.467 e. The lowest BCUT2D eigenvalue weighted by molar-refractivity contribution is 0.0504. The van der Waals surface area contributed by atoms with Crippen LogP contribution >= 0.6 is 0 Å². The zero-order chi connectivity index (χ0) is 25.8. The van der Waals surface area contributed by atoms with E-state index in [4.69, 9.17) is 18.9 Å². The molecule has 0 aliphatic carbocycles. The van der Waals surface area contributed by atoms with Gasteiger partial charge in [-0.15, -0.1) is 0 Å². The molecule has 1 heterocycles. The fraction of sp³-hybridized carbons (Fsp3) is 0.567. The van der Waals surface area contributed by atoms with E-state index in [1.165, 1.54) is 23.8 Å². The van der Waals surface area contributed by atoms with Gasteiger partial charge in [0.15, 0.2) is 6.79 Å². The lowest BCUT2D eigenvalue weighted by Gasteiger charge is -2.11. The summed E-state index contributed by atoms with van der Waals surface area (Å²) in [5.41, 5.74) is 5.78. The third-order valence-electron chi connectivity index (χ3n) is 6.51. The second kappa shape index (κ2) is 14.3. The lowest BCUT2D eigenvalue weighted by atomic mass is 10.0. The molecule has 1 aromatic rings. The molecule has 0 radical (unpaired) electrons. The maximum absolute atomic E-state index is 11.9. The number of hydrogen-bond acceptors (Lipinski definition) is 5. The van der Waals surface area contributed by atoms with Gasteiger partial charge in [0, 0.05) is 7.11 Å². The van der Waals surface area contributed by atoms with Crippen LogP contribution in [0.3, 0.4) is 0 Å². The number of carbonyl (C=O) groups is 1. The summed E-state index contributed by atoms with van der Waals surface area (Å²) >= 11 is 0. The van der Waals surface area contributed by atoms with Gasteiger partial charge in [-0.2, -0.15) is 0 Å². The summed E-state index contributed by atoms with van der Waals surface area (Å²) in [5, 5.41) is 0. The molecule has 0 spiro atoms. The Morgan fingerprint density at radius 2 is 1.57 bits per heavy atom. The van der Waals surface area contributed by atoms with E-state index in [2.05, 4.69) is 52.8 Å². The average Bonchev–Trinajstić information content (AvgIpc) is 3.45. The van der Waals surface area contributed by atoms with Gasteiger partial charge in [-0.3, -0.25) is 0 Å². The van der Waals surface area contributed by atoms with Crippen molar-refractivity contribution >= 4 is 5.97 Å². The Bertz CT molecular complexity index is 923. The van der Waals surface area contributed by atoms with Crippen LogP contribution in [0.4, 0.5) is 0 Å². The maximum atomic E-state index is 11.9. The predicted octanol–water partition coefficient (Wildman–Crippen LogP) is 7.36. The summed E-state index contributed by atoms with van der Waals surface area (Å²) in [5.74, 6) is 0.368. The topological polar surface area (TPSA) is 57.3 Å². The van der Waals surface area contributed by atoms with E-state index in [0.29, 0.717) is 18.1 Å². The highest BCUT2D eigenvalue weighted by atomic mass is 16.7. The van der Waals surface area contributed by atoms with Gasteiger partial charge in [-0.25, -0.2) is 4.79 Å². The number of benzene rings is 1. The molecule has 0 bridgehead atoms. The Hall–Kier alpha value is -2.37. The van der Waals surface area contributed by atoms with Gasteiger partial charge in [-0.1, -0.05) is 34.9 Å². The van der Waals surface area contributed by atoms with Gasteiger partial charge in [0.05, 0.1) is 24.4 Å². The molecule has 5 heteroatoms. The van der Waals surface area contributed by atoms with E-state index in [-0.39, 0.29) is 18.4 Å². The number of rotatable bonds is 15. The van der Waals surface area contributed by atoms with E-state index in [1.54, 1.807) is 19.2 Å². The summed E-state index contributed by atoms with van der Waals surface area (Å²) in [6.45, 7) is 11.1. The van der Waals surface area contributed by atoms with E-state index in [9.17, 15) is 4.79 Å². The van der Waals surface area contributed by atoms with Crippen LogP contribution in [-0.2, 0) is 20.6 Å². The second-order valence-corrected chi connectivity index (χ2v) is 10.0. The fourth-order valence-electron chi connectivity index (χ4n) is 4.03. The van der Waals surface area contributed by atoms with Crippen LogP contribution in [0.2, 0.25) is 0 Å². The maximum Gasteiger partial charge on any atom is 0.337 e. The Morgan fingerprint density at radius 3 is 2.14 bits per heavy atom. The molecule has 1 aliphatic rings. The molecule has 0 unspecified atom stereocenters. The minimum Gasteiger partial charge on any atom is -0.467 e. The number of allylic oxidation sites excluding steroid dienone is 6. The molecule has 35 heavy (non-hydrogen) atoms. The van der Waals surface area contributed by atoms with Gasteiger partial charge in [0.25, 0.3) is 0 Å². The zero-order valence-corrected chi connectivity index (χ0v) is 22.7. The first-order valence-corrected chi connectivity index (χ1v) is 12.6. The molecular weight excluding hydrogens is 440 g/mol. The summed E-state index contributed by atoms with van der Waals surface area (Å²) in [4.78, 5) is 11.9. The molecule has 0 N–H and O–H groups in total. The molecule has 194 valence electrons. The highest BCUT2D eigenvalue weighted by Gasteiger charge is 2.46. The molecule has 1 aromatic carbocycles. The zero-order valence-electron chi connectivity index (χ0n) is 22.7. The molecular formula is C30H44O5. The molecule has 1 aliphatic heterocycles. The molecule has 1 fully saturated rings. The highest BCUT2D eigenvalue weighted by Crippen LogP contribution is 2.39. The fourth-order valence-corrected chi connectivity index (χ4v) is 4.03. The minimum absolute atomic E-state index is 0.0966. The van der Waals surface area contributed by atoms with Crippen molar-refractivity contribution in [2.45, 2.75) is 91.3 Å². The Kier molecular flexibility index (Phi) is 11.8. The minimum atomic E-state index is -0.350. The Labute approximate surface area is 212 Å². The van der Waals surface area contributed by atoms with Gasteiger partial charge in [-0.05, 0) is 103 Å². The number of ether oxygens (including phenoxy) is 4. The van der Waals surface area contributed by atoms with Crippen LogP contribution in [0.5, 0.6) is 5.75 Å². The standard InChI is InChI=1S/C30H44O5/c1-22(11-9-13-24(3)15-19-28-30(4,5)35-28)10-8-12-23(2)14-16-25-20-26(29(31)33-7)17-18-27(25)34-21-32-6/h10,13-14,17-18,20,28H,8-9,11-12,15-16,19,21H2,1-7H3/b22-10+,23-14+,24-13+/t28-/m0/s1. The SMILES string of the molecule is COCOc1ccc(C(=O)OC)cc1C/C=C(\C)CC/C=C(\C)CC/C=C(\C)CC[C@@H]1OC1(C)C. The summed E-state index contributed by atoms with van der Waals surface area (Å²) in [6.07, 6.45) is 14.5. The van der Waals surface area contributed by atoms with Crippen molar-refractivity contribution in [3.05, 3.63) is 64.3 Å². The number of carbonyl (C=O) groups excluding carboxylic acids is 1. The predicted molar refractivity (Wildman–Crippen MR) is 142 cm³/mol. The van der Waals surface area contributed by atoms with Crippen LogP contribution < -0.4 is 4.74 Å². The third-order valence-corrected chi connectivity index (χ3v) is 6.51. The van der Waals surface area contributed by atoms with Crippen molar-refractivity contribution < 1.29 is 23.7 Å². The lowest BCUT2D eigenvalue weighted by Crippen LogP contribution is -2.05.